The van der Waals surface area contributed by atoms with Crippen LogP contribution in [-0.4, -0.2) is 40.6 Å². The zero-order valence-electron chi connectivity index (χ0n) is 19.0. The molecule has 1 fully saturated rings. The number of nitrogens with zero attached hydrogens (tertiary/aromatic N) is 2. The van der Waals surface area contributed by atoms with Crippen molar-refractivity contribution in [2.45, 2.75) is 32.5 Å². The highest BCUT2D eigenvalue weighted by Gasteiger charge is 2.34. The van der Waals surface area contributed by atoms with Crippen molar-refractivity contribution in [3.63, 3.8) is 0 Å². The fourth-order valence-electron chi connectivity index (χ4n) is 4.67. The molecule has 2 aliphatic rings. The van der Waals surface area contributed by atoms with Crippen molar-refractivity contribution < 1.29 is 14.4 Å². The Morgan fingerprint density at radius 1 is 0.735 bits per heavy atom. The molecular weight excluding hydrogens is 426 g/mol. The Morgan fingerprint density at radius 3 is 1.97 bits per heavy atom. The minimum Gasteiger partial charge on any atom is -0.348 e. The lowest BCUT2D eigenvalue weighted by atomic mass is 10.1. The summed E-state index contributed by atoms with van der Waals surface area (Å²) in [7, 11) is 0. The van der Waals surface area contributed by atoms with Gasteiger partial charge in [0, 0.05) is 18.7 Å². The van der Waals surface area contributed by atoms with E-state index < -0.39 is 0 Å². The van der Waals surface area contributed by atoms with Crippen molar-refractivity contribution >= 4 is 17.7 Å². The summed E-state index contributed by atoms with van der Waals surface area (Å²) in [4.78, 5) is 41.6. The first-order valence-electron chi connectivity index (χ1n) is 11.7. The van der Waals surface area contributed by atoms with Crippen LogP contribution < -0.4 is 5.32 Å². The minimum atomic E-state index is -0.282. The third kappa shape index (κ3) is 4.50. The monoisotopic (exact) mass is 453 g/mol. The summed E-state index contributed by atoms with van der Waals surface area (Å²) in [6.07, 6.45) is 2.50. The van der Waals surface area contributed by atoms with Gasteiger partial charge in [0.25, 0.3) is 17.7 Å². The van der Waals surface area contributed by atoms with Gasteiger partial charge in [-0.15, -0.1) is 0 Å². The van der Waals surface area contributed by atoms with Crippen molar-refractivity contribution in [2.75, 3.05) is 13.1 Å². The van der Waals surface area contributed by atoms with Crippen LogP contribution >= 0.6 is 0 Å². The standard InChI is InChI=1S/C28H27N3O3/c32-26(29-17-22-7-1-2-8-23(22)19-30-15-5-6-16-30)21-13-11-20(12-14-21)18-31-27(33)24-9-3-4-10-25(24)28(31)34/h1-4,7-14H,5-6,15-19H2,(H,29,32). The second-order valence-corrected chi connectivity index (χ2v) is 8.87. The highest BCUT2D eigenvalue weighted by molar-refractivity contribution is 6.21. The second kappa shape index (κ2) is 9.61. The smallest absolute Gasteiger partial charge is 0.261 e. The van der Waals surface area contributed by atoms with E-state index in [1.165, 1.54) is 23.3 Å². The van der Waals surface area contributed by atoms with Crippen LogP contribution in [0.15, 0.2) is 72.8 Å². The van der Waals surface area contributed by atoms with Crippen LogP contribution in [0, 0.1) is 0 Å². The summed E-state index contributed by atoms with van der Waals surface area (Å²) in [5, 5.41) is 3.02. The number of likely N-dealkylation sites (tertiary alicyclic amines) is 1. The zero-order chi connectivity index (χ0) is 23.5. The summed E-state index contributed by atoms with van der Waals surface area (Å²) in [5.74, 6) is -0.715. The molecule has 5 rings (SSSR count). The molecule has 2 heterocycles. The highest BCUT2D eigenvalue weighted by Crippen LogP contribution is 2.24. The van der Waals surface area contributed by atoms with E-state index in [0.717, 1.165) is 30.8 Å². The van der Waals surface area contributed by atoms with Crippen molar-refractivity contribution in [1.29, 1.82) is 0 Å². The molecule has 6 nitrogen and oxygen atoms in total. The van der Waals surface area contributed by atoms with Crippen molar-refractivity contribution in [3.8, 4) is 0 Å². The number of hydrogen-bond donors (Lipinski definition) is 1. The molecule has 0 aliphatic carbocycles. The third-order valence-corrected chi connectivity index (χ3v) is 6.59. The molecule has 3 aromatic carbocycles. The molecule has 34 heavy (non-hydrogen) atoms. The molecule has 0 atom stereocenters. The Balaban J connectivity index is 1.20. The van der Waals surface area contributed by atoms with E-state index in [4.69, 9.17) is 0 Å². The van der Waals surface area contributed by atoms with Crippen LogP contribution in [0.3, 0.4) is 0 Å². The Hall–Kier alpha value is -3.77. The maximum Gasteiger partial charge on any atom is 0.261 e. The molecule has 2 aliphatic heterocycles. The summed E-state index contributed by atoms with van der Waals surface area (Å²) < 4.78 is 0. The van der Waals surface area contributed by atoms with Gasteiger partial charge in [-0.3, -0.25) is 24.2 Å². The number of benzene rings is 3. The van der Waals surface area contributed by atoms with E-state index in [9.17, 15) is 14.4 Å². The van der Waals surface area contributed by atoms with E-state index in [-0.39, 0.29) is 24.3 Å². The average molecular weight is 454 g/mol. The molecule has 0 saturated carbocycles. The largest absolute Gasteiger partial charge is 0.348 e. The first kappa shape index (κ1) is 22.0. The lowest BCUT2D eigenvalue weighted by Crippen LogP contribution is -2.29. The summed E-state index contributed by atoms with van der Waals surface area (Å²) in [6, 6.07) is 22.2. The van der Waals surface area contributed by atoms with Gasteiger partial charge >= 0.3 is 0 Å². The molecule has 6 heteroatoms. The molecule has 0 spiro atoms. The van der Waals surface area contributed by atoms with E-state index in [1.54, 1.807) is 48.5 Å². The topological polar surface area (TPSA) is 69.7 Å². The molecule has 0 aromatic heterocycles. The molecule has 3 aromatic rings. The number of fused-ring (bicyclic) bond motifs is 1. The van der Waals surface area contributed by atoms with Gasteiger partial charge in [-0.05, 0) is 66.9 Å². The summed E-state index contributed by atoms with van der Waals surface area (Å²) in [5.41, 5.74) is 4.60. The summed E-state index contributed by atoms with van der Waals surface area (Å²) in [6.45, 7) is 3.83. The van der Waals surface area contributed by atoms with Gasteiger partial charge in [0.2, 0.25) is 0 Å². The van der Waals surface area contributed by atoms with Gasteiger partial charge in [0.15, 0.2) is 0 Å². The van der Waals surface area contributed by atoms with Gasteiger partial charge < -0.3 is 5.32 Å². The summed E-state index contributed by atoms with van der Waals surface area (Å²) >= 11 is 0. The first-order chi connectivity index (χ1) is 16.6. The fourth-order valence-corrected chi connectivity index (χ4v) is 4.67. The lowest BCUT2D eigenvalue weighted by Gasteiger charge is -2.18. The maximum atomic E-state index is 12.7. The zero-order valence-corrected chi connectivity index (χ0v) is 19.0. The number of nitrogens with one attached hydrogen (secondary N) is 1. The lowest BCUT2D eigenvalue weighted by molar-refractivity contribution is 0.0641. The number of hydrogen-bond acceptors (Lipinski definition) is 4. The van der Waals surface area contributed by atoms with E-state index in [0.29, 0.717) is 23.2 Å². The minimum absolute atomic E-state index is 0.150. The van der Waals surface area contributed by atoms with Crippen LogP contribution in [0.4, 0.5) is 0 Å². The quantitative estimate of drug-likeness (QED) is 0.549. The van der Waals surface area contributed by atoms with Crippen LogP contribution in [0.2, 0.25) is 0 Å². The second-order valence-electron chi connectivity index (χ2n) is 8.87. The number of carbonyl (C=O) groups is 3. The first-order valence-corrected chi connectivity index (χ1v) is 11.7. The third-order valence-electron chi connectivity index (χ3n) is 6.59. The molecule has 3 amide bonds. The SMILES string of the molecule is O=C(NCc1ccccc1CN1CCCC1)c1ccc(CN2C(=O)c3ccccc3C2=O)cc1. The molecular formula is C28H27N3O3. The fraction of sp³-hybridized carbons (Fsp3) is 0.250. The Kier molecular flexibility index (Phi) is 6.23. The van der Waals surface area contributed by atoms with Gasteiger partial charge in [-0.25, -0.2) is 0 Å². The number of amides is 3. The Bertz CT molecular complexity index is 1190. The van der Waals surface area contributed by atoms with Crippen molar-refractivity contribution in [3.05, 3.63) is 106 Å². The van der Waals surface area contributed by atoms with Crippen LogP contribution in [0.25, 0.3) is 0 Å². The van der Waals surface area contributed by atoms with E-state index >= 15 is 0 Å². The molecule has 1 saturated heterocycles. The van der Waals surface area contributed by atoms with Crippen LogP contribution in [-0.2, 0) is 19.6 Å². The van der Waals surface area contributed by atoms with Gasteiger partial charge in [0.05, 0.1) is 17.7 Å². The van der Waals surface area contributed by atoms with Gasteiger partial charge in [-0.2, -0.15) is 0 Å². The molecule has 0 bridgehead atoms. The van der Waals surface area contributed by atoms with Crippen molar-refractivity contribution in [2.24, 2.45) is 0 Å². The van der Waals surface area contributed by atoms with E-state index in [1.807, 2.05) is 12.1 Å². The predicted octanol–water partition coefficient (Wildman–Crippen LogP) is 4.01. The number of carbonyl (C=O) groups excluding carboxylic acids is 3. The number of imide groups is 1. The van der Waals surface area contributed by atoms with Crippen LogP contribution in [0.5, 0.6) is 0 Å². The molecule has 1 N–H and O–H groups in total. The Labute approximate surface area is 199 Å². The van der Waals surface area contributed by atoms with Gasteiger partial charge in [0.1, 0.15) is 0 Å². The maximum absolute atomic E-state index is 12.7. The molecule has 0 unspecified atom stereocenters. The normalized spacial score (nSPS) is 15.6. The van der Waals surface area contributed by atoms with Gasteiger partial charge in [-0.1, -0.05) is 48.5 Å². The highest BCUT2D eigenvalue weighted by atomic mass is 16.2. The van der Waals surface area contributed by atoms with Crippen LogP contribution in [0.1, 0.15) is 60.6 Å². The Morgan fingerprint density at radius 2 is 1.32 bits per heavy atom. The predicted molar refractivity (Wildman–Crippen MR) is 129 cm³/mol. The number of rotatable bonds is 7. The average Bonchev–Trinajstić information content (AvgIpc) is 3.47. The molecule has 172 valence electrons. The van der Waals surface area contributed by atoms with E-state index in [2.05, 4.69) is 22.3 Å². The van der Waals surface area contributed by atoms with Crippen molar-refractivity contribution in [1.82, 2.24) is 15.1 Å². The molecule has 0 radical (unpaired) electrons.